The molecule has 3 heteroatoms. The van der Waals surface area contributed by atoms with Crippen molar-refractivity contribution in [3.8, 4) is 11.1 Å². The number of anilines is 1. The molecule has 0 fully saturated rings. The van der Waals surface area contributed by atoms with E-state index in [-0.39, 0.29) is 0 Å². The van der Waals surface area contributed by atoms with Crippen LogP contribution in [0.1, 0.15) is 5.56 Å². The van der Waals surface area contributed by atoms with Gasteiger partial charge in [0.2, 0.25) is 0 Å². The Labute approximate surface area is 88.8 Å². The molecule has 0 spiro atoms. The molecule has 2 aromatic rings. The molecule has 0 aliphatic rings. The van der Waals surface area contributed by atoms with Gasteiger partial charge in [0.25, 0.3) is 0 Å². The molecule has 1 heterocycles. The maximum absolute atomic E-state index is 5.78. The van der Waals surface area contributed by atoms with Crippen molar-refractivity contribution in [3.05, 3.63) is 48.2 Å². The first-order chi connectivity index (χ1) is 7.33. The van der Waals surface area contributed by atoms with Crippen molar-refractivity contribution < 1.29 is 0 Å². The largest absolute Gasteiger partial charge is 0.383 e. The number of hydrogen-bond donors (Lipinski definition) is 2. The highest BCUT2D eigenvalue weighted by molar-refractivity contribution is 5.71. The minimum Gasteiger partial charge on any atom is -0.383 e. The van der Waals surface area contributed by atoms with Crippen LogP contribution in [0.4, 0.5) is 5.82 Å². The summed E-state index contributed by atoms with van der Waals surface area (Å²) in [6.07, 6.45) is 1.71. The Morgan fingerprint density at radius 2 is 1.80 bits per heavy atom. The molecule has 0 aliphatic carbocycles. The van der Waals surface area contributed by atoms with Gasteiger partial charge in [0.15, 0.2) is 0 Å². The minimum absolute atomic E-state index is 0.407. The van der Waals surface area contributed by atoms with Gasteiger partial charge in [0.05, 0.1) is 0 Å². The molecule has 0 bridgehead atoms. The van der Waals surface area contributed by atoms with Crippen LogP contribution in [0.15, 0.2) is 42.6 Å². The third-order valence-corrected chi connectivity index (χ3v) is 2.38. The molecule has 0 saturated carbocycles. The normalized spacial score (nSPS) is 10.2. The second-order valence-electron chi connectivity index (χ2n) is 3.29. The Kier molecular flexibility index (Phi) is 2.65. The molecule has 0 atom stereocenters. The predicted octanol–water partition coefficient (Wildman–Crippen LogP) is 1.79. The van der Waals surface area contributed by atoms with Crippen LogP contribution in [0.5, 0.6) is 0 Å². The molecule has 1 aromatic heterocycles. The maximum atomic E-state index is 5.78. The zero-order valence-electron chi connectivity index (χ0n) is 8.35. The van der Waals surface area contributed by atoms with E-state index in [1.807, 2.05) is 36.4 Å². The third kappa shape index (κ3) is 1.82. The second-order valence-corrected chi connectivity index (χ2v) is 3.29. The summed E-state index contributed by atoms with van der Waals surface area (Å²) in [5.74, 6) is 0.513. The number of rotatable bonds is 2. The van der Waals surface area contributed by atoms with E-state index in [2.05, 4.69) is 4.98 Å². The van der Waals surface area contributed by atoms with Gasteiger partial charge in [-0.1, -0.05) is 30.3 Å². The lowest BCUT2D eigenvalue weighted by molar-refractivity contribution is 1.06. The van der Waals surface area contributed by atoms with E-state index in [9.17, 15) is 0 Å². The Morgan fingerprint density at radius 1 is 1.07 bits per heavy atom. The van der Waals surface area contributed by atoms with Gasteiger partial charge in [-0.2, -0.15) is 0 Å². The molecule has 0 unspecified atom stereocenters. The number of pyridine rings is 1. The summed E-state index contributed by atoms with van der Waals surface area (Å²) in [7, 11) is 0. The van der Waals surface area contributed by atoms with E-state index in [1.165, 1.54) is 0 Å². The van der Waals surface area contributed by atoms with Gasteiger partial charge >= 0.3 is 0 Å². The van der Waals surface area contributed by atoms with Crippen LogP contribution in [-0.2, 0) is 6.54 Å². The van der Waals surface area contributed by atoms with Gasteiger partial charge in [-0.3, -0.25) is 0 Å². The van der Waals surface area contributed by atoms with E-state index in [1.54, 1.807) is 6.20 Å². The Hall–Kier alpha value is -1.87. The summed E-state index contributed by atoms with van der Waals surface area (Å²) in [4.78, 5) is 4.03. The lowest BCUT2D eigenvalue weighted by Crippen LogP contribution is -2.05. The van der Waals surface area contributed by atoms with Gasteiger partial charge in [-0.15, -0.1) is 0 Å². The summed E-state index contributed by atoms with van der Waals surface area (Å²) < 4.78 is 0. The molecule has 15 heavy (non-hydrogen) atoms. The fourth-order valence-electron chi connectivity index (χ4n) is 1.61. The summed E-state index contributed by atoms with van der Waals surface area (Å²) in [6, 6.07) is 12.0. The van der Waals surface area contributed by atoms with Crippen LogP contribution < -0.4 is 11.5 Å². The summed E-state index contributed by atoms with van der Waals surface area (Å²) in [5, 5.41) is 0. The molecule has 4 N–H and O–H groups in total. The van der Waals surface area contributed by atoms with Crippen LogP contribution in [0.3, 0.4) is 0 Å². The minimum atomic E-state index is 0.407. The zero-order valence-corrected chi connectivity index (χ0v) is 8.35. The van der Waals surface area contributed by atoms with Crippen LogP contribution in [0.25, 0.3) is 11.1 Å². The lowest BCUT2D eigenvalue weighted by Gasteiger charge is -2.09. The fraction of sp³-hybridized carbons (Fsp3) is 0.0833. The summed E-state index contributed by atoms with van der Waals surface area (Å²) >= 11 is 0. The fourth-order valence-corrected chi connectivity index (χ4v) is 1.61. The smallest absolute Gasteiger partial charge is 0.128 e. The van der Waals surface area contributed by atoms with Crippen molar-refractivity contribution in [1.82, 2.24) is 4.98 Å². The molecule has 0 aliphatic heterocycles. The van der Waals surface area contributed by atoms with Crippen LogP contribution in [0.2, 0.25) is 0 Å². The zero-order chi connectivity index (χ0) is 10.7. The standard InChI is InChI=1S/C12H13N3/c13-8-11-10(6-7-15-12(11)14)9-4-2-1-3-5-9/h1-7H,8,13H2,(H2,14,15). The van der Waals surface area contributed by atoms with E-state index in [4.69, 9.17) is 11.5 Å². The van der Waals surface area contributed by atoms with Gasteiger partial charge in [0, 0.05) is 18.3 Å². The van der Waals surface area contributed by atoms with Crippen LogP contribution in [-0.4, -0.2) is 4.98 Å². The average Bonchev–Trinajstić information content (AvgIpc) is 2.30. The molecule has 76 valence electrons. The number of benzene rings is 1. The highest BCUT2D eigenvalue weighted by atomic mass is 14.8. The molecule has 0 amide bonds. The van der Waals surface area contributed by atoms with Crippen LogP contribution in [0, 0.1) is 0 Å². The van der Waals surface area contributed by atoms with Crippen molar-refractivity contribution in [2.24, 2.45) is 5.73 Å². The first kappa shape index (κ1) is 9.68. The lowest BCUT2D eigenvalue weighted by atomic mass is 10.0. The highest BCUT2D eigenvalue weighted by Crippen LogP contribution is 2.25. The molecule has 1 aromatic carbocycles. The summed E-state index contributed by atoms with van der Waals surface area (Å²) in [6.45, 7) is 0.407. The Morgan fingerprint density at radius 3 is 2.47 bits per heavy atom. The number of aromatic nitrogens is 1. The van der Waals surface area contributed by atoms with Crippen molar-refractivity contribution >= 4 is 5.82 Å². The second kappa shape index (κ2) is 4.11. The average molecular weight is 199 g/mol. The van der Waals surface area contributed by atoms with Crippen molar-refractivity contribution in [2.75, 3.05) is 5.73 Å². The predicted molar refractivity (Wildman–Crippen MR) is 62.0 cm³/mol. The number of nitrogens with zero attached hydrogens (tertiary/aromatic N) is 1. The van der Waals surface area contributed by atoms with Gasteiger partial charge in [-0.25, -0.2) is 4.98 Å². The first-order valence-corrected chi connectivity index (χ1v) is 4.81. The Bertz CT molecular complexity index is 452. The Balaban J connectivity index is 2.58. The van der Waals surface area contributed by atoms with Gasteiger partial charge < -0.3 is 11.5 Å². The monoisotopic (exact) mass is 199 g/mol. The molecule has 0 saturated heterocycles. The molecular formula is C12H13N3. The number of hydrogen-bond acceptors (Lipinski definition) is 3. The number of nitrogens with two attached hydrogens (primary N) is 2. The summed E-state index contributed by atoms with van der Waals surface area (Å²) in [5.41, 5.74) is 14.5. The third-order valence-electron chi connectivity index (χ3n) is 2.38. The van der Waals surface area contributed by atoms with Gasteiger partial charge in [-0.05, 0) is 17.2 Å². The van der Waals surface area contributed by atoms with E-state index in [0.29, 0.717) is 12.4 Å². The van der Waals surface area contributed by atoms with E-state index >= 15 is 0 Å². The molecule has 3 nitrogen and oxygen atoms in total. The van der Waals surface area contributed by atoms with Gasteiger partial charge in [0.1, 0.15) is 5.82 Å². The SMILES string of the molecule is NCc1c(-c2ccccc2)ccnc1N. The van der Waals surface area contributed by atoms with Crippen molar-refractivity contribution in [1.29, 1.82) is 0 Å². The van der Waals surface area contributed by atoms with Crippen LogP contribution >= 0.6 is 0 Å². The van der Waals surface area contributed by atoms with E-state index < -0.39 is 0 Å². The molecule has 0 radical (unpaired) electrons. The van der Waals surface area contributed by atoms with E-state index in [0.717, 1.165) is 16.7 Å². The quantitative estimate of drug-likeness (QED) is 0.775. The molecule has 2 rings (SSSR count). The molecular weight excluding hydrogens is 186 g/mol. The van der Waals surface area contributed by atoms with Crippen molar-refractivity contribution in [3.63, 3.8) is 0 Å². The van der Waals surface area contributed by atoms with Crippen molar-refractivity contribution in [2.45, 2.75) is 6.54 Å². The first-order valence-electron chi connectivity index (χ1n) is 4.81. The topological polar surface area (TPSA) is 64.9 Å². The number of nitrogen functional groups attached to an aromatic ring is 1. The highest BCUT2D eigenvalue weighted by Gasteiger charge is 2.06. The maximum Gasteiger partial charge on any atom is 0.128 e.